The standard InChI is InChI=1S/C17H15BrClNO3/c18-12-2-3-14(19)13(10-12)17(21)20-6-5-11-1-4-15-16(9-11)23-8-7-22-15/h1-4,9-10H,5-8H2,(H,20,21). The predicted octanol–water partition coefficient (Wildman–Crippen LogP) is 3.85. The zero-order valence-corrected chi connectivity index (χ0v) is 14.6. The molecule has 4 nitrogen and oxygen atoms in total. The highest BCUT2D eigenvalue weighted by molar-refractivity contribution is 9.10. The second-order valence-electron chi connectivity index (χ2n) is 5.11. The van der Waals surface area contributed by atoms with Gasteiger partial charge >= 0.3 is 0 Å². The fourth-order valence-corrected chi connectivity index (χ4v) is 2.89. The molecule has 0 unspecified atom stereocenters. The van der Waals surface area contributed by atoms with E-state index in [0.717, 1.165) is 21.5 Å². The molecule has 0 saturated carbocycles. The summed E-state index contributed by atoms with van der Waals surface area (Å²) < 4.78 is 11.9. The Bertz CT molecular complexity index is 736. The molecule has 2 aromatic carbocycles. The van der Waals surface area contributed by atoms with Crippen LogP contribution in [0.5, 0.6) is 11.5 Å². The zero-order valence-electron chi connectivity index (χ0n) is 12.3. The van der Waals surface area contributed by atoms with E-state index in [1.807, 2.05) is 18.2 Å². The lowest BCUT2D eigenvalue weighted by Gasteiger charge is -2.18. The third-order valence-corrected chi connectivity index (χ3v) is 4.30. The molecule has 1 N–H and O–H groups in total. The van der Waals surface area contributed by atoms with Gasteiger partial charge < -0.3 is 14.8 Å². The van der Waals surface area contributed by atoms with E-state index in [4.69, 9.17) is 21.1 Å². The van der Waals surface area contributed by atoms with Crippen molar-refractivity contribution in [2.75, 3.05) is 19.8 Å². The third kappa shape index (κ3) is 3.98. The van der Waals surface area contributed by atoms with Gasteiger partial charge in [0, 0.05) is 11.0 Å². The van der Waals surface area contributed by atoms with Crippen molar-refractivity contribution in [2.24, 2.45) is 0 Å². The summed E-state index contributed by atoms with van der Waals surface area (Å²) in [7, 11) is 0. The lowest BCUT2D eigenvalue weighted by molar-refractivity contribution is 0.0954. The van der Waals surface area contributed by atoms with Gasteiger partial charge in [-0.2, -0.15) is 0 Å². The first kappa shape index (κ1) is 16.1. The van der Waals surface area contributed by atoms with Crippen molar-refractivity contribution in [2.45, 2.75) is 6.42 Å². The van der Waals surface area contributed by atoms with E-state index in [-0.39, 0.29) is 5.91 Å². The summed E-state index contributed by atoms with van der Waals surface area (Å²) in [5.74, 6) is 1.34. The smallest absolute Gasteiger partial charge is 0.252 e. The molecule has 1 amide bonds. The summed E-state index contributed by atoms with van der Waals surface area (Å²) in [6.07, 6.45) is 0.702. The Morgan fingerprint density at radius 1 is 1.13 bits per heavy atom. The minimum absolute atomic E-state index is 0.186. The third-order valence-electron chi connectivity index (χ3n) is 3.48. The van der Waals surface area contributed by atoms with Crippen molar-refractivity contribution in [1.82, 2.24) is 5.32 Å². The van der Waals surface area contributed by atoms with Gasteiger partial charge in [-0.25, -0.2) is 0 Å². The minimum atomic E-state index is -0.186. The maximum absolute atomic E-state index is 12.2. The largest absolute Gasteiger partial charge is 0.486 e. The van der Waals surface area contributed by atoms with Crippen LogP contribution in [0.4, 0.5) is 0 Å². The molecule has 0 aliphatic carbocycles. The van der Waals surface area contributed by atoms with Crippen LogP contribution in [0.2, 0.25) is 5.02 Å². The molecule has 0 spiro atoms. The summed E-state index contributed by atoms with van der Waals surface area (Å²) in [6, 6.07) is 11.0. The van der Waals surface area contributed by atoms with Crippen molar-refractivity contribution in [3.05, 3.63) is 57.0 Å². The first-order valence-electron chi connectivity index (χ1n) is 7.25. The summed E-state index contributed by atoms with van der Waals surface area (Å²) in [4.78, 5) is 12.2. The van der Waals surface area contributed by atoms with Gasteiger partial charge in [0.15, 0.2) is 11.5 Å². The van der Waals surface area contributed by atoms with Gasteiger partial charge in [0.2, 0.25) is 0 Å². The van der Waals surface area contributed by atoms with E-state index in [1.54, 1.807) is 18.2 Å². The summed E-state index contributed by atoms with van der Waals surface area (Å²) >= 11 is 9.39. The maximum atomic E-state index is 12.2. The SMILES string of the molecule is O=C(NCCc1ccc2c(c1)OCCO2)c1cc(Br)ccc1Cl. The van der Waals surface area contributed by atoms with Crippen LogP contribution in [-0.2, 0) is 6.42 Å². The van der Waals surface area contributed by atoms with Crippen molar-refractivity contribution >= 4 is 33.4 Å². The molecular formula is C17H15BrClNO3. The van der Waals surface area contributed by atoms with Gasteiger partial charge in [-0.1, -0.05) is 33.6 Å². The maximum Gasteiger partial charge on any atom is 0.252 e. The van der Waals surface area contributed by atoms with Gasteiger partial charge in [0.25, 0.3) is 5.91 Å². The molecule has 2 aromatic rings. The Hall–Kier alpha value is -1.72. The number of nitrogens with one attached hydrogen (secondary N) is 1. The van der Waals surface area contributed by atoms with Crippen LogP contribution in [0.15, 0.2) is 40.9 Å². The van der Waals surface area contributed by atoms with Gasteiger partial charge in [-0.15, -0.1) is 0 Å². The molecule has 120 valence electrons. The van der Waals surface area contributed by atoms with E-state index < -0.39 is 0 Å². The highest BCUT2D eigenvalue weighted by Crippen LogP contribution is 2.30. The number of hydrogen-bond acceptors (Lipinski definition) is 3. The molecule has 1 aliphatic rings. The normalized spacial score (nSPS) is 12.8. The van der Waals surface area contributed by atoms with Crippen molar-refractivity contribution < 1.29 is 14.3 Å². The van der Waals surface area contributed by atoms with Crippen LogP contribution in [0, 0.1) is 0 Å². The second-order valence-corrected chi connectivity index (χ2v) is 6.43. The van der Waals surface area contributed by atoms with Gasteiger partial charge in [0.1, 0.15) is 13.2 Å². The number of rotatable bonds is 4. The summed E-state index contributed by atoms with van der Waals surface area (Å²) in [6.45, 7) is 1.66. The minimum Gasteiger partial charge on any atom is -0.486 e. The van der Waals surface area contributed by atoms with Crippen molar-refractivity contribution in [3.63, 3.8) is 0 Å². The van der Waals surface area contributed by atoms with E-state index in [1.165, 1.54) is 0 Å². The molecule has 0 fully saturated rings. The van der Waals surface area contributed by atoms with Gasteiger partial charge in [0.05, 0.1) is 10.6 Å². The monoisotopic (exact) mass is 395 g/mol. The number of carbonyl (C=O) groups is 1. The average molecular weight is 397 g/mol. The fourth-order valence-electron chi connectivity index (χ4n) is 2.33. The Morgan fingerprint density at radius 3 is 2.74 bits per heavy atom. The molecule has 23 heavy (non-hydrogen) atoms. The number of carbonyl (C=O) groups excluding carboxylic acids is 1. The van der Waals surface area contributed by atoms with E-state index in [2.05, 4.69) is 21.2 Å². The molecule has 0 bridgehead atoms. The molecule has 3 rings (SSSR count). The van der Waals surface area contributed by atoms with Crippen molar-refractivity contribution in [1.29, 1.82) is 0 Å². The Kier molecular flexibility index (Phi) is 5.08. The number of amides is 1. The van der Waals surface area contributed by atoms with Crippen LogP contribution in [0.3, 0.4) is 0 Å². The molecular weight excluding hydrogens is 382 g/mol. The van der Waals surface area contributed by atoms with Crippen LogP contribution < -0.4 is 14.8 Å². The van der Waals surface area contributed by atoms with Crippen LogP contribution >= 0.6 is 27.5 Å². The van der Waals surface area contributed by atoms with E-state index >= 15 is 0 Å². The van der Waals surface area contributed by atoms with Gasteiger partial charge in [-0.05, 0) is 42.3 Å². The Morgan fingerprint density at radius 2 is 1.91 bits per heavy atom. The zero-order chi connectivity index (χ0) is 16.2. The fraction of sp³-hybridized carbons (Fsp3) is 0.235. The number of halogens is 2. The Balaban J connectivity index is 1.59. The van der Waals surface area contributed by atoms with E-state index in [9.17, 15) is 4.79 Å². The summed E-state index contributed by atoms with van der Waals surface area (Å²) in [5.41, 5.74) is 1.54. The quantitative estimate of drug-likeness (QED) is 0.854. The molecule has 0 radical (unpaired) electrons. The first-order chi connectivity index (χ1) is 11.1. The number of hydrogen-bond donors (Lipinski definition) is 1. The first-order valence-corrected chi connectivity index (χ1v) is 8.42. The number of benzene rings is 2. The van der Waals surface area contributed by atoms with Crippen molar-refractivity contribution in [3.8, 4) is 11.5 Å². The Labute approximate surface area is 147 Å². The molecule has 0 atom stereocenters. The van der Waals surface area contributed by atoms with Gasteiger partial charge in [-0.3, -0.25) is 4.79 Å². The van der Waals surface area contributed by atoms with E-state index in [0.29, 0.717) is 36.8 Å². The molecule has 0 saturated heterocycles. The highest BCUT2D eigenvalue weighted by atomic mass is 79.9. The van der Waals surface area contributed by atoms with Crippen LogP contribution in [0.1, 0.15) is 15.9 Å². The summed E-state index contributed by atoms with van der Waals surface area (Å²) in [5, 5.41) is 3.31. The van der Waals surface area contributed by atoms with Crippen LogP contribution in [0.25, 0.3) is 0 Å². The second kappa shape index (κ2) is 7.23. The topological polar surface area (TPSA) is 47.6 Å². The predicted molar refractivity (Wildman–Crippen MR) is 92.6 cm³/mol. The molecule has 1 heterocycles. The van der Waals surface area contributed by atoms with Crippen LogP contribution in [-0.4, -0.2) is 25.7 Å². The lowest BCUT2D eigenvalue weighted by Crippen LogP contribution is -2.26. The molecule has 6 heteroatoms. The lowest BCUT2D eigenvalue weighted by atomic mass is 10.1. The average Bonchev–Trinajstić information content (AvgIpc) is 2.57. The molecule has 1 aliphatic heterocycles. The number of ether oxygens (including phenoxy) is 2. The number of fused-ring (bicyclic) bond motifs is 1. The highest BCUT2D eigenvalue weighted by Gasteiger charge is 2.13. The molecule has 0 aromatic heterocycles.